The standard InChI is InChI=1S/C16H20N2O2/c1-15(2,3)20-14(19)18-9-8-16(11-18)10-17-13-7-5-4-6-12(13)16/h4-7,10H,8-9,11H2,1-3H3. The van der Waals surface area contributed by atoms with Gasteiger partial charge in [0.25, 0.3) is 0 Å². The molecule has 3 rings (SSSR count). The van der Waals surface area contributed by atoms with E-state index < -0.39 is 5.60 Å². The molecule has 4 nitrogen and oxygen atoms in total. The molecule has 0 saturated carbocycles. The summed E-state index contributed by atoms with van der Waals surface area (Å²) in [7, 11) is 0. The van der Waals surface area contributed by atoms with Crippen LogP contribution in [0.4, 0.5) is 10.5 Å². The van der Waals surface area contributed by atoms with E-state index in [-0.39, 0.29) is 11.5 Å². The maximum Gasteiger partial charge on any atom is 0.410 e. The summed E-state index contributed by atoms with van der Waals surface area (Å²) in [5.41, 5.74) is 1.69. The van der Waals surface area contributed by atoms with E-state index in [9.17, 15) is 4.79 Å². The first kappa shape index (κ1) is 13.2. The van der Waals surface area contributed by atoms with Crippen LogP contribution in [-0.2, 0) is 10.2 Å². The van der Waals surface area contributed by atoms with E-state index in [1.165, 1.54) is 5.56 Å². The predicted octanol–water partition coefficient (Wildman–Crippen LogP) is 3.28. The number of hydrogen-bond acceptors (Lipinski definition) is 3. The van der Waals surface area contributed by atoms with Crippen LogP contribution in [0, 0.1) is 0 Å². The Morgan fingerprint density at radius 1 is 1.35 bits per heavy atom. The van der Waals surface area contributed by atoms with Crippen molar-refractivity contribution < 1.29 is 9.53 Å². The number of benzene rings is 1. The lowest BCUT2D eigenvalue weighted by molar-refractivity contribution is 0.0289. The number of carbonyl (C=O) groups is 1. The predicted molar refractivity (Wildman–Crippen MR) is 78.7 cm³/mol. The summed E-state index contributed by atoms with van der Waals surface area (Å²) in [6, 6.07) is 8.17. The number of ether oxygens (including phenoxy) is 1. The minimum absolute atomic E-state index is 0.118. The molecule has 2 heterocycles. The summed E-state index contributed by atoms with van der Waals surface area (Å²) in [4.78, 5) is 18.5. The Labute approximate surface area is 119 Å². The Morgan fingerprint density at radius 2 is 2.10 bits per heavy atom. The molecule has 0 radical (unpaired) electrons. The highest BCUT2D eigenvalue weighted by Gasteiger charge is 2.44. The van der Waals surface area contributed by atoms with E-state index in [4.69, 9.17) is 4.74 Å². The highest BCUT2D eigenvalue weighted by atomic mass is 16.6. The smallest absolute Gasteiger partial charge is 0.410 e. The minimum Gasteiger partial charge on any atom is -0.444 e. The fourth-order valence-electron chi connectivity index (χ4n) is 2.91. The molecule has 2 aliphatic heterocycles. The third-order valence-corrected chi connectivity index (χ3v) is 3.84. The molecule has 1 spiro atoms. The van der Waals surface area contributed by atoms with E-state index >= 15 is 0 Å². The van der Waals surface area contributed by atoms with Gasteiger partial charge in [0.1, 0.15) is 5.60 Å². The van der Waals surface area contributed by atoms with Crippen LogP contribution >= 0.6 is 0 Å². The van der Waals surface area contributed by atoms with Gasteiger partial charge < -0.3 is 9.64 Å². The number of carbonyl (C=O) groups excluding carboxylic acids is 1. The molecule has 0 N–H and O–H groups in total. The molecule has 0 aliphatic carbocycles. The third kappa shape index (κ3) is 2.19. The van der Waals surface area contributed by atoms with Crippen LogP contribution in [0.5, 0.6) is 0 Å². The van der Waals surface area contributed by atoms with E-state index in [2.05, 4.69) is 11.1 Å². The molecule has 1 aromatic carbocycles. The van der Waals surface area contributed by atoms with Gasteiger partial charge in [0.15, 0.2) is 0 Å². The van der Waals surface area contributed by atoms with Crippen LogP contribution in [0.15, 0.2) is 29.3 Å². The first-order valence-electron chi connectivity index (χ1n) is 7.02. The first-order valence-corrected chi connectivity index (χ1v) is 7.02. The van der Waals surface area contributed by atoms with E-state index in [1.54, 1.807) is 4.90 Å². The zero-order chi connectivity index (χ0) is 14.4. The van der Waals surface area contributed by atoms with Gasteiger partial charge in [-0.25, -0.2) is 4.79 Å². The summed E-state index contributed by atoms with van der Waals surface area (Å²) in [5, 5.41) is 0. The molecule has 1 saturated heterocycles. The van der Waals surface area contributed by atoms with Crippen molar-refractivity contribution in [1.29, 1.82) is 0 Å². The van der Waals surface area contributed by atoms with Gasteiger partial charge in [0, 0.05) is 19.3 Å². The van der Waals surface area contributed by atoms with Gasteiger partial charge in [-0.2, -0.15) is 0 Å². The molecule has 0 bridgehead atoms. The van der Waals surface area contributed by atoms with E-state index in [0.29, 0.717) is 6.54 Å². The second-order valence-electron chi connectivity index (χ2n) is 6.58. The van der Waals surface area contributed by atoms with Gasteiger partial charge in [0.2, 0.25) is 0 Å². The van der Waals surface area contributed by atoms with Crippen LogP contribution < -0.4 is 0 Å². The molecule has 4 heteroatoms. The molecule has 0 aromatic heterocycles. The lowest BCUT2D eigenvalue weighted by Gasteiger charge is -2.26. The topological polar surface area (TPSA) is 41.9 Å². The number of para-hydroxylation sites is 1. The van der Waals surface area contributed by atoms with Crippen LogP contribution in [0.2, 0.25) is 0 Å². The molecule has 1 fully saturated rings. The van der Waals surface area contributed by atoms with Crippen LogP contribution in [0.25, 0.3) is 0 Å². The summed E-state index contributed by atoms with van der Waals surface area (Å²) in [6.07, 6.45) is 2.68. The minimum atomic E-state index is -0.450. The average molecular weight is 272 g/mol. The Bertz CT molecular complexity index is 574. The third-order valence-electron chi connectivity index (χ3n) is 3.84. The van der Waals surface area contributed by atoms with Crippen molar-refractivity contribution in [2.45, 2.75) is 38.2 Å². The largest absolute Gasteiger partial charge is 0.444 e. The lowest BCUT2D eigenvalue weighted by Crippen LogP contribution is -2.38. The monoisotopic (exact) mass is 272 g/mol. The van der Waals surface area contributed by atoms with Gasteiger partial charge >= 0.3 is 6.09 Å². The van der Waals surface area contributed by atoms with Gasteiger partial charge in [-0.3, -0.25) is 4.99 Å². The van der Waals surface area contributed by atoms with Crippen LogP contribution in [0.1, 0.15) is 32.8 Å². The summed E-state index contributed by atoms with van der Waals surface area (Å²) < 4.78 is 5.45. The molecule has 1 atom stereocenters. The first-order chi connectivity index (χ1) is 9.40. The molecule has 2 aliphatic rings. The second kappa shape index (κ2) is 4.33. The number of rotatable bonds is 0. The normalized spacial score (nSPS) is 24.2. The van der Waals surface area contributed by atoms with Crippen molar-refractivity contribution in [3.63, 3.8) is 0 Å². The number of amides is 1. The zero-order valence-corrected chi connectivity index (χ0v) is 12.2. The number of likely N-dealkylation sites (tertiary alicyclic amines) is 1. The second-order valence-corrected chi connectivity index (χ2v) is 6.58. The zero-order valence-electron chi connectivity index (χ0n) is 12.2. The highest BCUT2D eigenvalue weighted by Crippen LogP contribution is 2.42. The Morgan fingerprint density at radius 3 is 2.85 bits per heavy atom. The fraction of sp³-hybridized carbons (Fsp3) is 0.500. The number of aliphatic imine (C=N–C) groups is 1. The van der Waals surface area contributed by atoms with Crippen molar-refractivity contribution in [3.8, 4) is 0 Å². The summed E-state index contributed by atoms with van der Waals surface area (Å²) >= 11 is 0. The molecule has 20 heavy (non-hydrogen) atoms. The fourth-order valence-corrected chi connectivity index (χ4v) is 2.91. The Hall–Kier alpha value is -1.84. The number of hydrogen-bond donors (Lipinski definition) is 0. The molecular formula is C16H20N2O2. The van der Waals surface area contributed by atoms with Gasteiger partial charge in [-0.05, 0) is 38.8 Å². The highest BCUT2D eigenvalue weighted by molar-refractivity contribution is 5.87. The molecular weight excluding hydrogens is 252 g/mol. The van der Waals surface area contributed by atoms with Crippen molar-refractivity contribution in [1.82, 2.24) is 4.90 Å². The average Bonchev–Trinajstić information content (AvgIpc) is 2.95. The van der Waals surface area contributed by atoms with Crippen molar-refractivity contribution >= 4 is 18.0 Å². The van der Waals surface area contributed by atoms with E-state index in [0.717, 1.165) is 18.7 Å². The number of nitrogens with zero attached hydrogens (tertiary/aromatic N) is 2. The summed E-state index contributed by atoms with van der Waals surface area (Å²) in [5.74, 6) is 0. The molecule has 1 aromatic rings. The van der Waals surface area contributed by atoms with Crippen molar-refractivity contribution in [3.05, 3.63) is 29.8 Å². The Balaban J connectivity index is 1.78. The maximum atomic E-state index is 12.2. The van der Waals surface area contributed by atoms with Crippen molar-refractivity contribution in [2.24, 2.45) is 4.99 Å². The molecule has 106 valence electrons. The Kier molecular flexibility index (Phi) is 2.85. The van der Waals surface area contributed by atoms with Crippen molar-refractivity contribution in [2.75, 3.05) is 13.1 Å². The molecule has 1 amide bonds. The maximum absolute atomic E-state index is 12.2. The molecule has 1 unspecified atom stereocenters. The van der Waals surface area contributed by atoms with Gasteiger partial charge in [-0.15, -0.1) is 0 Å². The van der Waals surface area contributed by atoms with E-state index in [1.807, 2.05) is 45.2 Å². The SMILES string of the molecule is CC(C)(C)OC(=O)N1CCC2(C=Nc3ccccc32)C1. The van der Waals surface area contributed by atoms with Gasteiger partial charge in [0.05, 0.1) is 11.1 Å². The quantitative estimate of drug-likeness (QED) is 0.727. The number of fused-ring (bicyclic) bond motifs is 2. The van der Waals surface area contributed by atoms with Gasteiger partial charge in [-0.1, -0.05) is 18.2 Å². The lowest BCUT2D eigenvalue weighted by atomic mass is 9.82. The summed E-state index contributed by atoms with van der Waals surface area (Å²) in [6.45, 7) is 7.05. The van der Waals surface area contributed by atoms with Crippen LogP contribution in [-0.4, -0.2) is 35.9 Å². The van der Waals surface area contributed by atoms with Crippen LogP contribution in [0.3, 0.4) is 0 Å².